The summed E-state index contributed by atoms with van der Waals surface area (Å²) in [6.07, 6.45) is 0. The zero-order chi connectivity index (χ0) is 27.9. The summed E-state index contributed by atoms with van der Waals surface area (Å²) >= 11 is 0. The molecule has 0 unspecified atom stereocenters. The molecule has 0 N–H and O–H groups in total. The van der Waals surface area contributed by atoms with Crippen LogP contribution in [0.5, 0.6) is 0 Å². The molecule has 0 aliphatic heterocycles. The monoisotopic (exact) mass is 524 g/mol. The first kappa shape index (κ1) is 25.6. The summed E-state index contributed by atoms with van der Waals surface area (Å²) in [6, 6.07) is 60.5. The number of anilines is 3. The highest BCUT2D eigenvalue weighted by Gasteiger charge is 2.15. The van der Waals surface area contributed by atoms with Crippen LogP contribution in [0.25, 0.3) is 22.3 Å². The van der Waals surface area contributed by atoms with Crippen LogP contribution < -0.4 is 4.90 Å². The maximum Gasteiger partial charge on any atom is 0.100 e. The quantitative estimate of drug-likeness (QED) is 0.153. The fraction of sp³-hybridized carbons (Fsp3) is 0. The number of benzene rings is 6. The van der Waals surface area contributed by atoms with Gasteiger partial charge in [-0.1, -0.05) is 133 Å². The Morgan fingerprint density at radius 3 is 1.17 bits per heavy atom. The lowest BCUT2D eigenvalue weighted by molar-refractivity contribution is 1.28. The van der Waals surface area contributed by atoms with Gasteiger partial charge in [0.2, 0.25) is 0 Å². The Morgan fingerprint density at radius 2 is 0.756 bits per heavy atom. The predicted octanol–water partition coefficient (Wildman–Crippen LogP) is 10.3. The minimum atomic E-state index is 0.658. The number of allylic oxidation sites excluding steroid dienone is 1. The van der Waals surface area contributed by atoms with Crippen molar-refractivity contribution in [2.45, 2.75) is 0 Å². The molecule has 6 rings (SSSR count). The van der Waals surface area contributed by atoms with E-state index in [1.807, 2.05) is 60.7 Å². The Kier molecular flexibility index (Phi) is 7.52. The van der Waals surface area contributed by atoms with Crippen LogP contribution in [0.4, 0.5) is 17.1 Å². The third-order valence-corrected chi connectivity index (χ3v) is 7.15. The number of para-hydroxylation sites is 2. The molecule has 0 atom stereocenters. The van der Waals surface area contributed by atoms with Gasteiger partial charge in [0.05, 0.1) is 5.57 Å². The van der Waals surface area contributed by atoms with Crippen molar-refractivity contribution >= 4 is 28.2 Å². The van der Waals surface area contributed by atoms with Gasteiger partial charge in [-0.15, -0.1) is 0 Å². The van der Waals surface area contributed by atoms with Crippen molar-refractivity contribution in [1.29, 1.82) is 5.26 Å². The first-order valence-corrected chi connectivity index (χ1v) is 13.7. The summed E-state index contributed by atoms with van der Waals surface area (Å²) in [5, 5.41) is 10.3. The Balaban J connectivity index is 1.34. The summed E-state index contributed by atoms with van der Waals surface area (Å²) in [5.74, 6) is 0. The molecule has 6 aromatic carbocycles. The van der Waals surface area contributed by atoms with Crippen LogP contribution in [0, 0.1) is 11.3 Å². The Bertz CT molecular complexity index is 1700. The minimum Gasteiger partial charge on any atom is -0.311 e. The molecule has 194 valence electrons. The van der Waals surface area contributed by atoms with Crippen LogP contribution in [0.1, 0.15) is 16.7 Å². The number of nitriles is 1. The van der Waals surface area contributed by atoms with Gasteiger partial charge in [0.1, 0.15) is 6.07 Å². The van der Waals surface area contributed by atoms with Gasteiger partial charge in [-0.25, -0.2) is 0 Å². The summed E-state index contributed by atoms with van der Waals surface area (Å²) in [7, 11) is 0. The summed E-state index contributed by atoms with van der Waals surface area (Å²) in [5.41, 5.74) is 10.1. The van der Waals surface area contributed by atoms with E-state index in [4.69, 9.17) is 0 Å². The van der Waals surface area contributed by atoms with E-state index in [0.29, 0.717) is 5.57 Å². The van der Waals surface area contributed by atoms with Gasteiger partial charge in [0.15, 0.2) is 0 Å². The van der Waals surface area contributed by atoms with Gasteiger partial charge in [0, 0.05) is 22.6 Å². The van der Waals surface area contributed by atoms with E-state index in [1.165, 1.54) is 0 Å². The highest BCUT2D eigenvalue weighted by Crippen LogP contribution is 2.36. The first-order chi connectivity index (χ1) is 20.3. The number of hydrogen-bond acceptors (Lipinski definition) is 2. The summed E-state index contributed by atoms with van der Waals surface area (Å²) in [6.45, 7) is 0. The molecule has 0 saturated heterocycles. The van der Waals surface area contributed by atoms with E-state index in [-0.39, 0.29) is 0 Å². The molecular weight excluding hydrogens is 496 g/mol. The minimum absolute atomic E-state index is 0.658. The van der Waals surface area contributed by atoms with Gasteiger partial charge >= 0.3 is 0 Å². The van der Waals surface area contributed by atoms with Crippen molar-refractivity contribution in [3.05, 3.63) is 187 Å². The molecule has 0 radical (unpaired) electrons. The van der Waals surface area contributed by atoms with Gasteiger partial charge < -0.3 is 4.90 Å². The Hall–Kier alpha value is -5.65. The van der Waals surface area contributed by atoms with Crippen molar-refractivity contribution in [3.63, 3.8) is 0 Å². The van der Waals surface area contributed by atoms with E-state index in [2.05, 4.69) is 120 Å². The highest BCUT2D eigenvalue weighted by atomic mass is 15.1. The molecule has 0 heterocycles. The van der Waals surface area contributed by atoms with E-state index >= 15 is 0 Å². The topological polar surface area (TPSA) is 27.0 Å². The third kappa shape index (κ3) is 5.57. The van der Waals surface area contributed by atoms with Crippen LogP contribution in [0.3, 0.4) is 0 Å². The summed E-state index contributed by atoms with van der Waals surface area (Å²) < 4.78 is 0. The van der Waals surface area contributed by atoms with E-state index in [9.17, 15) is 5.26 Å². The molecule has 0 fully saturated rings. The maximum absolute atomic E-state index is 10.3. The molecule has 2 heteroatoms. The molecule has 0 bridgehead atoms. The zero-order valence-corrected chi connectivity index (χ0v) is 22.6. The van der Waals surface area contributed by atoms with E-state index in [0.717, 1.165) is 50.5 Å². The van der Waals surface area contributed by atoms with Crippen molar-refractivity contribution in [1.82, 2.24) is 0 Å². The normalized spacial score (nSPS) is 10.4. The SMILES string of the molecule is N#CC(=C(c1ccccc1)c1ccccc1)c1ccc(-c2ccc(N(c3ccccc3)c3ccccc3)cc2)cc1. The number of hydrogen-bond donors (Lipinski definition) is 0. The second-order valence-corrected chi connectivity index (χ2v) is 9.72. The molecule has 2 nitrogen and oxygen atoms in total. The average Bonchev–Trinajstić information content (AvgIpc) is 3.06. The van der Waals surface area contributed by atoms with Crippen molar-refractivity contribution in [2.24, 2.45) is 0 Å². The Morgan fingerprint density at radius 1 is 0.390 bits per heavy atom. The molecule has 41 heavy (non-hydrogen) atoms. The third-order valence-electron chi connectivity index (χ3n) is 7.15. The first-order valence-electron chi connectivity index (χ1n) is 13.7. The largest absolute Gasteiger partial charge is 0.311 e. The Labute approximate surface area is 241 Å². The molecule has 0 aliphatic rings. The zero-order valence-electron chi connectivity index (χ0n) is 22.6. The lowest BCUT2D eigenvalue weighted by Gasteiger charge is -2.25. The lowest BCUT2D eigenvalue weighted by atomic mass is 9.89. The van der Waals surface area contributed by atoms with Crippen LogP contribution in [-0.2, 0) is 0 Å². The van der Waals surface area contributed by atoms with Crippen LogP contribution in [0.15, 0.2) is 170 Å². The van der Waals surface area contributed by atoms with Crippen LogP contribution in [-0.4, -0.2) is 0 Å². The van der Waals surface area contributed by atoms with Crippen LogP contribution >= 0.6 is 0 Å². The molecular formula is C39H28N2. The average molecular weight is 525 g/mol. The van der Waals surface area contributed by atoms with Crippen molar-refractivity contribution in [2.75, 3.05) is 4.90 Å². The van der Waals surface area contributed by atoms with Crippen LogP contribution in [0.2, 0.25) is 0 Å². The molecule has 0 aliphatic carbocycles. The number of nitrogens with zero attached hydrogens (tertiary/aromatic N) is 2. The fourth-order valence-corrected chi connectivity index (χ4v) is 5.16. The molecule has 0 saturated carbocycles. The number of rotatable bonds is 7. The van der Waals surface area contributed by atoms with E-state index in [1.54, 1.807) is 0 Å². The van der Waals surface area contributed by atoms with Gasteiger partial charge in [-0.05, 0) is 64.2 Å². The second kappa shape index (κ2) is 12.0. The van der Waals surface area contributed by atoms with Gasteiger partial charge in [-0.2, -0.15) is 5.26 Å². The smallest absolute Gasteiger partial charge is 0.100 e. The van der Waals surface area contributed by atoms with Gasteiger partial charge in [-0.3, -0.25) is 0 Å². The molecule has 0 aromatic heterocycles. The summed E-state index contributed by atoms with van der Waals surface area (Å²) in [4.78, 5) is 2.26. The van der Waals surface area contributed by atoms with E-state index < -0.39 is 0 Å². The standard InChI is InChI=1S/C39H28N2/c40-29-38(39(33-13-5-1-6-14-33)34-15-7-2-8-16-34)32-23-21-30(22-24-32)31-25-27-37(28-26-31)41(35-17-9-3-10-18-35)36-19-11-4-12-20-36/h1-28H. The molecule has 0 spiro atoms. The highest BCUT2D eigenvalue weighted by molar-refractivity contribution is 6.03. The fourth-order valence-electron chi connectivity index (χ4n) is 5.16. The second-order valence-electron chi connectivity index (χ2n) is 9.72. The maximum atomic E-state index is 10.3. The lowest BCUT2D eigenvalue weighted by Crippen LogP contribution is -2.09. The van der Waals surface area contributed by atoms with Gasteiger partial charge in [0.25, 0.3) is 0 Å². The van der Waals surface area contributed by atoms with Crippen molar-refractivity contribution in [3.8, 4) is 17.2 Å². The predicted molar refractivity (Wildman–Crippen MR) is 171 cm³/mol. The van der Waals surface area contributed by atoms with Crippen molar-refractivity contribution < 1.29 is 0 Å². The molecule has 0 amide bonds. The molecule has 6 aromatic rings.